The van der Waals surface area contributed by atoms with Crippen molar-refractivity contribution in [3.8, 4) is 5.75 Å². The van der Waals surface area contributed by atoms with E-state index in [1.807, 2.05) is 42.5 Å². The van der Waals surface area contributed by atoms with Gasteiger partial charge < -0.3 is 9.84 Å². The molecule has 1 unspecified atom stereocenters. The number of ether oxygens (including phenoxy) is 1. The molecule has 1 aliphatic rings. The zero-order valence-electron chi connectivity index (χ0n) is 14.4. The van der Waals surface area contributed by atoms with Gasteiger partial charge in [-0.1, -0.05) is 25.1 Å². The molecule has 1 N–H and O–H groups in total. The van der Waals surface area contributed by atoms with Crippen LogP contribution in [0.4, 0.5) is 0 Å². The highest BCUT2D eigenvalue weighted by molar-refractivity contribution is 7.91. The molecule has 26 heavy (non-hydrogen) atoms. The van der Waals surface area contributed by atoms with Gasteiger partial charge in [-0.3, -0.25) is 4.79 Å². The van der Waals surface area contributed by atoms with E-state index in [9.17, 15) is 18.3 Å². The van der Waals surface area contributed by atoms with Crippen LogP contribution in [-0.4, -0.2) is 37.0 Å². The third kappa shape index (κ3) is 3.40. The zero-order valence-corrected chi connectivity index (χ0v) is 16.0. The molecule has 0 saturated carbocycles. The number of methoxy groups -OCH3 is 1. The van der Waals surface area contributed by atoms with Crippen LogP contribution in [0.3, 0.4) is 0 Å². The zero-order chi connectivity index (χ0) is 18.9. The summed E-state index contributed by atoms with van der Waals surface area (Å²) in [5, 5.41) is 9.26. The number of rotatable bonds is 6. The minimum absolute atomic E-state index is 0.106. The Morgan fingerprint density at radius 1 is 1.35 bits per heavy atom. The Balaban J connectivity index is 1.82. The van der Waals surface area contributed by atoms with Crippen LogP contribution in [0.5, 0.6) is 5.75 Å². The summed E-state index contributed by atoms with van der Waals surface area (Å²) in [6, 6.07) is 8.31. The first-order valence-corrected chi connectivity index (χ1v) is 10.3. The van der Waals surface area contributed by atoms with Gasteiger partial charge in [0.2, 0.25) is 0 Å². The van der Waals surface area contributed by atoms with E-state index in [-0.39, 0.29) is 17.2 Å². The van der Waals surface area contributed by atoms with Gasteiger partial charge in [0.25, 0.3) is 10.0 Å². The first-order valence-electron chi connectivity index (χ1n) is 8.06. The van der Waals surface area contributed by atoms with Crippen molar-refractivity contribution in [1.29, 1.82) is 0 Å². The molecule has 2 heterocycles. The van der Waals surface area contributed by atoms with Crippen LogP contribution < -0.4 is 4.74 Å². The van der Waals surface area contributed by atoms with Gasteiger partial charge in [0.15, 0.2) is 0 Å². The van der Waals surface area contributed by atoms with E-state index < -0.39 is 22.0 Å². The van der Waals surface area contributed by atoms with Crippen molar-refractivity contribution in [2.45, 2.75) is 30.1 Å². The maximum atomic E-state index is 12.7. The number of carbonyl (C=O) groups is 1. The molecule has 0 amide bonds. The van der Waals surface area contributed by atoms with Crippen LogP contribution in [-0.2, 0) is 21.4 Å². The van der Waals surface area contributed by atoms with Crippen LogP contribution >= 0.6 is 11.3 Å². The maximum absolute atomic E-state index is 12.7. The summed E-state index contributed by atoms with van der Waals surface area (Å²) in [7, 11) is -2.15. The Bertz CT molecular complexity index is 944. The van der Waals surface area contributed by atoms with Gasteiger partial charge in [-0.2, -0.15) is 4.31 Å². The highest BCUT2D eigenvalue weighted by Crippen LogP contribution is 2.39. The first-order chi connectivity index (χ1) is 12.4. The summed E-state index contributed by atoms with van der Waals surface area (Å²) >= 11 is 1.17. The molecule has 8 heteroatoms. The van der Waals surface area contributed by atoms with E-state index in [0.717, 1.165) is 20.5 Å². The normalized spacial score (nSPS) is 17.3. The summed E-state index contributed by atoms with van der Waals surface area (Å²) in [5.41, 5.74) is 1.63. The van der Waals surface area contributed by atoms with Crippen LogP contribution in [0.25, 0.3) is 12.2 Å². The number of nitrogens with zero attached hydrogens (tertiary/aromatic N) is 1. The van der Waals surface area contributed by atoms with Gasteiger partial charge in [-0.15, -0.1) is 11.3 Å². The van der Waals surface area contributed by atoms with E-state index >= 15 is 0 Å². The Morgan fingerprint density at radius 2 is 2.04 bits per heavy atom. The average Bonchev–Trinajstić information content (AvgIpc) is 3.12. The van der Waals surface area contributed by atoms with Gasteiger partial charge >= 0.3 is 5.97 Å². The fraction of sp³-hybridized carbons (Fsp3) is 0.278. The number of hydrogen-bond donors (Lipinski definition) is 1. The Morgan fingerprint density at radius 3 is 2.58 bits per heavy atom. The molecule has 0 bridgehead atoms. The second-order valence-corrected chi connectivity index (χ2v) is 9.05. The molecule has 0 spiro atoms. The lowest BCUT2D eigenvalue weighted by molar-refractivity contribution is -0.141. The van der Waals surface area contributed by atoms with Gasteiger partial charge in [0, 0.05) is 11.4 Å². The Kier molecular flexibility index (Phi) is 5.17. The molecule has 0 radical (unpaired) electrons. The largest absolute Gasteiger partial charge is 0.497 e. The third-order valence-electron chi connectivity index (χ3n) is 4.23. The summed E-state index contributed by atoms with van der Waals surface area (Å²) in [6.07, 6.45) is 3.99. The molecule has 1 aromatic carbocycles. The number of fused-ring (bicyclic) bond motifs is 1. The topological polar surface area (TPSA) is 83.9 Å². The SMILES string of the molecule is CCC(C(=O)O)N1Cc2cc(/C=C/c3ccc(OC)cc3)sc2S1(=O)=O. The van der Waals surface area contributed by atoms with Gasteiger partial charge in [-0.05, 0) is 41.8 Å². The van der Waals surface area contributed by atoms with Gasteiger partial charge in [-0.25, -0.2) is 8.42 Å². The average molecular weight is 393 g/mol. The highest BCUT2D eigenvalue weighted by atomic mass is 32.2. The molecular weight excluding hydrogens is 374 g/mol. The van der Waals surface area contributed by atoms with Crippen molar-refractivity contribution in [3.63, 3.8) is 0 Å². The fourth-order valence-electron chi connectivity index (χ4n) is 2.88. The summed E-state index contributed by atoms with van der Waals surface area (Å²) in [5.74, 6) is -0.349. The number of sulfonamides is 1. The molecular formula is C18H19NO5S2. The minimum atomic E-state index is -3.75. The molecule has 0 fully saturated rings. The molecule has 2 aromatic rings. The Hall–Kier alpha value is -2.16. The van der Waals surface area contributed by atoms with E-state index in [4.69, 9.17) is 4.74 Å². The predicted molar refractivity (Wildman–Crippen MR) is 101 cm³/mol. The van der Waals surface area contributed by atoms with E-state index in [2.05, 4.69) is 0 Å². The maximum Gasteiger partial charge on any atom is 0.322 e. The molecule has 1 atom stereocenters. The fourth-order valence-corrected chi connectivity index (χ4v) is 6.23. The monoisotopic (exact) mass is 393 g/mol. The second kappa shape index (κ2) is 7.22. The number of carboxylic acids is 1. The minimum Gasteiger partial charge on any atom is -0.497 e. The van der Waals surface area contributed by atoms with Crippen LogP contribution in [0.15, 0.2) is 34.5 Å². The first kappa shape index (κ1) is 18.6. The van der Waals surface area contributed by atoms with Gasteiger partial charge in [0.1, 0.15) is 16.0 Å². The third-order valence-corrected chi connectivity index (χ3v) is 7.78. The standard InChI is InChI=1S/C18H19NO5S2/c1-3-16(17(20)21)19-11-13-10-15(25-18(13)26(19,22)23)9-6-12-4-7-14(24-2)8-5-12/h4-10,16H,3,11H2,1-2H3,(H,20,21)/b9-6+. The van der Waals surface area contributed by atoms with E-state index in [1.54, 1.807) is 14.0 Å². The number of benzene rings is 1. The number of carboxylic acid groups (broad SMARTS) is 1. The summed E-state index contributed by atoms with van der Waals surface area (Å²) in [6.45, 7) is 1.78. The van der Waals surface area contributed by atoms with Crippen molar-refractivity contribution >= 4 is 39.5 Å². The molecule has 1 aromatic heterocycles. The molecule has 3 rings (SSSR count). The van der Waals surface area contributed by atoms with E-state index in [0.29, 0.717) is 5.56 Å². The summed E-state index contributed by atoms with van der Waals surface area (Å²) < 4.78 is 31.8. The second-order valence-electron chi connectivity index (χ2n) is 5.88. The number of hydrogen-bond acceptors (Lipinski definition) is 5. The lowest BCUT2D eigenvalue weighted by Gasteiger charge is -2.21. The number of aliphatic carboxylic acids is 1. The Labute approximate surface area is 156 Å². The van der Waals surface area contributed by atoms with Crippen molar-refractivity contribution in [1.82, 2.24) is 4.31 Å². The molecule has 1 aliphatic heterocycles. The van der Waals surface area contributed by atoms with Crippen molar-refractivity contribution < 1.29 is 23.1 Å². The molecule has 0 saturated heterocycles. The van der Waals surface area contributed by atoms with Crippen molar-refractivity contribution in [2.24, 2.45) is 0 Å². The molecule has 0 aliphatic carbocycles. The van der Waals surface area contributed by atoms with Crippen LogP contribution in [0.2, 0.25) is 0 Å². The quantitative estimate of drug-likeness (QED) is 0.814. The molecule has 6 nitrogen and oxygen atoms in total. The number of thiophene rings is 1. The molecule has 138 valence electrons. The van der Waals surface area contributed by atoms with Crippen LogP contribution in [0, 0.1) is 0 Å². The summed E-state index contributed by atoms with van der Waals surface area (Å²) in [4.78, 5) is 12.1. The van der Waals surface area contributed by atoms with Gasteiger partial charge in [0.05, 0.1) is 7.11 Å². The lowest BCUT2D eigenvalue weighted by atomic mass is 10.2. The van der Waals surface area contributed by atoms with Crippen molar-refractivity contribution in [2.75, 3.05) is 7.11 Å². The lowest BCUT2D eigenvalue weighted by Crippen LogP contribution is -2.40. The van der Waals surface area contributed by atoms with Crippen molar-refractivity contribution in [3.05, 3.63) is 46.3 Å². The highest BCUT2D eigenvalue weighted by Gasteiger charge is 2.42. The van der Waals surface area contributed by atoms with Crippen LogP contribution in [0.1, 0.15) is 29.3 Å². The van der Waals surface area contributed by atoms with E-state index in [1.165, 1.54) is 11.3 Å². The predicted octanol–water partition coefficient (Wildman–Crippen LogP) is 3.29. The smallest absolute Gasteiger partial charge is 0.322 e.